The lowest BCUT2D eigenvalue weighted by Gasteiger charge is -2.36. The number of rotatable bonds is 10. The number of carbonyl (C=O) groups is 6. The summed E-state index contributed by atoms with van der Waals surface area (Å²) in [6.07, 6.45) is 0. The summed E-state index contributed by atoms with van der Waals surface area (Å²) in [4.78, 5) is 78.1. The molecule has 6 aromatic carbocycles. The SMILES string of the molecule is CC(/C(=C/Cl)c1ccccc1)N1C(=O)c2ccccc2C1=O.CC(/C(=C\Cl)c1ccccc1)N1C(=O)c2ccccc2C1=O.CC(N1C(=O)c2ccccc2C1=O)C(Cl)(CCl)c1ccccc1. The van der Waals surface area contributed by atoms with E-state index in [1.54, 1.807) is 79.7 Å². The largest absolute Gasteiger partial charge is 0.269 e. The molecule has 3 heterocycles. The number of fused-ring (bicyclic) bond motifs is 3. The summed E-state index contributed by atoms with van der Waals surface area (Å²) in [6, 6.07) is 47.4. The fraction of sp³-hybridized carbons (Fsp3) is 0.148. The van der Waals surface area contributed by atoms with Gasteiger partial charge in [-0.15, -0.1) is 23.2 Å². The van der Waals surface area contributed by atoms with Crippen LogP contribution < -0.4 is 0 Å². The van der Waals surface area contributed by atoms with Crippen molar-refractivity contribution < 1.29 is 28.8 Å². The molecule has 0 bridgehead atoms. The first-order chi connectivity index (χ1) is 32.3. The zero-order valence-electron chi connectivity index (χ0n) is 36.5. The fourth-order valence-corrected chi connectivity index (χ4v) is 9.58. The molecule has 13 heteroatoms. The molecule has 3 aliphatic heterocycles. The first-order valence-electron chi connectivity index (χ1n) is 21.2. The maximum atomic E-state index is 12.6. The number of alkyl halides is 2. The Bertz CT molecular complexity index is 2690. The molecule has 0 aromatic heterocycles. The molecule has 4 unspecified atom stereocenters. The lowest BCUT2D eigenvalue weighted by atomic mass is 9.92. The Kier molecular flexibility index (Phi) is 15.1. The van der Waals surface area contributed by atoms with Gasteiger partial charge < -0.3 is 0 Å². The van der Waals surface area contributed by atoms with Crippen molar-refractivity contribution in [1.29, 1.82) is 0 Å². The lowest BCUT2D eigenvalue weighted by Crippen LogP contribution is -2.49. The highest BCUT2D eigenvalue weighted by Gasteiger charge is 2.47. The molecule has 6 aromatic rings. The van der Waals surface area contributed by atoms with Crippen LogP contribution in [0, 0.1) is 0 Å². The van der Waals surface area contributed by atoms with Gasteiger partial charge >= 0.3 is 0 Å². The van der Waals surface area contributed by atoms with E-state index in [0.717, 1.165) is 27.8 Å². The third-order valence-corrected chi connectivity index (χ3v) is 13.8. The van der Waals surface area contributed by atoms with E-state index in [2.05, 4.69) is 0 Å². The quantitative estimate of drug-likeness (QED) is 0.0998. The summed E-state index contributed by atoms with van der Waals surface area (Å²) in [7, 11) is 0. The summed E-state index contributed by atoms with van der Waals surface area (Å²) in [5.41, 5.74) is 9.49. The van der Waals surface area contributed by atoms with Crippen LogP contribution in [-0.2, 0) is 4.87 Å². The van der Waals surface area contributed by atoms with Gasteiger partial charge in [0, 0.05) is 17.0 Å². The molecular formula is C54H43Cl4N3O6. The van der Waals surface area contributed by atoms with Crippen molar-refractivity contribution in [2.45, 2.75) is 43.8 Å². The van der Waals surface area contributed by atoms with Gasteiger partial charge in [0.25, 0.3) is 35.4 Å². The van der Waals surface area contributed by atoms with Gasteiger partial charge in [-0.25, -0.2) is 0 Å². The van der Waals surface area contributed by atoms with E-state index in [1.165, 1.54) is 25.8 Å². The highest BCUT2D eigenvalue weighted by atomic mass is 35.5. The number of benzene rings is 6. The molecule has 0 radical (unpaired) electrons. The molecule has 67 heavy (non-hydrogen) atoms. The third kappa shape index (κ3) is 9.25. The minimum Gasteiger partial charge on any atom is -0.269 e. The molecule has 3 aliphatic rings. The van der Waals surface area contributed by atoms with Crippen molar-refractivity contribution in [1.82, 2.24) is 14.7 Å². The van der Waals surface area contributed by atoms with Gasteiger partial charge in [-0.05, 0) is 85.0 Å². The monoisotopic (exact) mass is 969 g/mol. The molecule has 0 saturated carbocycles. The van der Waals surface area contributed by atoms with Gasteiger partial charge in [0.2, 0.25) is 0 Å². The van der Waals surface area contributed by atoms with E-state index < -0.39 is 23.0 Å². The zero-order valence-corrected chi connectivity index (χ0v) is 39.5. The van der Waals surface area contributed by atoms with Crippen molar-refractivity contribution in [3.05, 3.63) is 225 Å². The van der Waals surface area contributed by atoms with E-state index >= 15 is 0 Å². The molecule has 9 nitrogen and oxygen atoms in total. The molecule has 338 valence electrons. The van der Waals surface area contributed by atoms with Crippen LogP contribution >= 0.6 is 46.4 Å². The fourth-order valence-electron chi connectivity index (χ4n) is 8.36. The molecule has 9 rings (SSSR count). The summed E-state index contributed by atoms with van der Waals surface area (Å²) in [6.45, 7) is 5.37. The van der Waals surface area contributed by atoms with Crippen LogP contribution in [0.4, 0.5) is 0 Å². The van der Waals surface area contributed by atoms with Crippen LogP contribution in [0.25, 0.3) is 11.1 Å². The van der Waals surface area contributed by atoms with Crippen LogP contribution in [-0.4, -0.2) is 74.1 Å². The molecule has 0 fully saturated rings. The second kappa shape index (κ2) is 20.9. The predicted octanol–water partition coefficient (Wildman–Crippen LogP) is 11.9. The summed E-state index contributed by atoms with van der Waals surface area (Å²) >= 11 is 24.9. The summed E-state index contributed by atoms with van der Waals surface area (Å²) in [5, 5.41) is 0. The first-order valence-corrected chi connectivity index (χ1v) is 23.0. The Morgan fingerprint density at radius 1 is 0.433 bits per heavy atom. The molecule has 6 amide bonds. The number of amides is 6. The summed E-state index contributed by atoms with van der Waals surface area (Å²) < 4.78 is 0. The van der Waals surface area contributed by atoms with Crippen molar-refractivity contribution in [2.24, 2.45) is 0 Å². The van der Waals surface area contributed by atoms with E-state index in [4.69, 9.17) is 46.4 Å². The number of nitrogens with zero attached hydrogens (tertiary/aromatic N) is 3. The summed E-state index contributed by atoms with van der Waals surface area (Å²) in [5.74, 6) is -1.69. The highest BCUT2D eigenvalue weighted by Crippen LogP contribution is 2.40. The molecular weight excluding hydrogens is 928 g/mol. The number of hydrogen-bond donors (Lipinski definition) is 0. The topological polar surface area (TPSA) is 112 Å². The van der Waals surface area contributed by atoms with Gasteiger partial charge in [0.05, 0.1) is 51.5 Å². The molecule has 0 aliphatic carbocycles. The molecule has 4 atom stereocenters. The van der Waals surface area contributed by atoms with Crippen LogP contribution in [0.1, 0.15) is 99.6 Å². The van der Waals surface area contributed by atoms with Crippen molar-refractivity contribution >= 4 is 93.0 Å². The van der Waals surface area contributed by atoms with Crippen LogP contribution in [0.3, 0.4) is 0 Å². The molecule has 0 spiro atoms. The van der Waals surface area contributed by atoms with E-state index in [9.17, 15) is 28.8 Å². The van der Waals surface area contributed by atoms with Gasteiger partial charge in [-0.1, -0.05) is 151 Å². The van der Waals surface area contributed by atoms with Crippen LogP contribution in [0.15, 0.2) is 175 Å². The van der Waals surface area contributed by atoms with Crippen molar-refractivity contribution in [3.8, 4) is 0 Å². The van der Waals surface area contributed by atoms with Crippen molar-refractivity contribution in [3.63, 3.8) is 0 Å². The highest BCUT2D eigenvalue weighted by molar-refractivity contribution is 6.32. The standard InChI is InChI=1S/C18H15Cl2NO2.2C18H14ClNO2/c1-12(18(20,11-19)13-7-3-2-4-8-13)21-16(22)14-9-5-6-10-15(14)17(21)23;2*1-12(16(11-19)13-7-3-2-4-8-13)20-17(21)14-9-5-6-10-15(14)18(20)22/h2-10,12H,11H2,1H3;2*2-12H,1H3/b;16-11+;16-11-. The number of halogens is 4. The van der Waals surface area contributed by atoms with Crippen LogP contribution in [0.2, 0.25) is 0 Å². The first kappa shape index (κ1) is 48.3. The lowest BCUT2D eigenvalue weighted by molar-refractivity contribution is 0.0559. The van der Waals surface area contributed by atoms with E-state index in [1.807, 2.05) is 105 Å². The maximum absolute atomic E-state index is 12.6. The number of carbonyl (C=O) groups excluding carboxylic acids is 6. The minimum atomic E-state index is -1.05. The van der Waals surface area contributed by atoms with Gasteiger partial charge in [-0.2, -0.15) is 0 Å². The molecule has 0 saturated heterocycles. The normalized spacial score (nSPS) is 16.6. The Balaban J connectivity index is 0.000000149. The number of imide groups is 3. The van der Waals surface area contributed by atoms with E-state index in [0.29, 0.717) is 33.4 Å². The zero-order chi connectivity index (χ0) is 48.0. The predicted molar refractivity (Wildman–Crippen MR) is 264 cm³/mol. The second-order valence-electron chi connectivity index (χ2n) is 15.8. The Labute approximate surface area is 408 Å². The van der Waals surface area contributed by atoms with Gasteiger partial charge in [0.15, 0.2) is 0 Å². The Morgan fingerprint density at radius 2 is 0.687 bits per heavy atom. The second-order valence-corrected chi connectivity index (χ2v) is 17.2. The average Bonchev–Trinajstić information content (AvgIpc) is 3.89. The Morgan fingerprint density at radius 3 is 0.955 bits per heavy atom. The third-order valence-electron chi connectivity index (χ3n) is 12.1. The van der Waals surface area contributed by atoms with Crippen LogP contribution in [0.5, 0.6) is 0 Å². The Hall–Kier alpha value is -6.62. The van der Waals surface area contributed by atoms with E-state index in [-0.39, 0.29) is 41.3 Å². The van der Waals surface area contributed by atoms with Gasteiger partial charge in [0.1, 0.15) is 4.87 Å². The maximum Gasteiger partial charge on any atom is 0.262 e. The minimum absolute atomic E-state index is 0.0765. The van der Waals surface area contributed by atoms with Gasteiger partial charge in [-0.3, -0.25) is 43.5 Å². The van der Waals surface area contributed by atoms with Crippen molar-refractivity contribution in [2.75, 3.05) is 5.88 Å². The number of hydrogen-bond acceptors (Lipinski definition) is 6. The average molecular weight is 972 g/mol. The smallest absolute Gasteiger partial charge is 0.262 e. The molecule has 0 N–H and O–H groups in total.